The van der Waals surface area contributed by atoms with Crippen LogP contribution in [-0.2, 0) is 4.79 Å². The molecule has 2 fully saturated rings. The van der Waals surface area contributed by atoms with Gasteiger partial charge in [0.25, 0.3) is 0 Å². The van der Waals surface area contributed by atoms with Gasteiger partial charge in [0.1, 0.15) is 17.1 Å². The van der Waals surface area contributed by atoms with Gasteiger partial charge in [-0.3, -0.25) is 9.59 Å². The zero-order chi connectivity index (χ0) is 21.7. The molecule has 1 saturated carbocycles. The number of amides is 1. The van der Waals surface area contributed by atoms with Crippen molar-refractivity contribution in [2.24, 2.45) is 0 Å². The maximum atomic E-state index is 15.8. The molecule has 2 N–H and O–H groups in total. The highest BCUT2D eigenvalue weighted by Gasteiger charge is 2.35. The highest BCUT2D eigenvalue weighted by molar-refractivity contribution is 5.94. The van der Waals surface area contributed by atoms with Crippen molar-refractivity contribution in [1.29, 1.82) is 0 Å². The van der Waals surface area contributed by atoms with Gasteiger partial charge < -0.3 is 19.9 Å². The van der Waals surface area contributed by atoms with E-state index in [1.54, 1.807) is 11.8 Å². The van der Waals surface area contributed by atoms with E-state index in [1.165, 1.54) is 11.5 Å². The van der Waals surface area contributed by atoms with Gasteiger partial charge in [-0.1, -0.05) is 0 Å². The van der Waals surface area contributed by atoms with Gasteiger partial charge in [0.15, 0.2) is 5.82 Å². The number of anilines is 1. The number of carbonyl (C=O) groups excluding carboxylic acids is 1. The number of nitrogens with one attached hydrogen (secondary N) is 1. The van der Waals surface area contributed by atoms with E-state index in [2.05, 4.69) is 5.32 Å². The summed E-state index contributed by atoms with van der Waals surface area (Å²) in [6.07, 6.45) is 3.96. The van der Waals surface area contributed by atoms with Gasteiger partial charge in [-0.15, -0.1) is 0 Å². The fourth-order valence-corrected chi connectivity index (χ4v) is 4.40. The largest absolute Gasteiger partial charge is 0.477 e. The molecule has 30 heavy (non-hydrogen) atoms. The first-order valence-corrected chi connectivity index (χ1v) is 10.0. The SMILES string of the molecule is CC(=O)NC1CCCN(c2c(F)cc3c(=O)c(C(=O)O)cn(C4CC4)c3c2F)C1C. The van der Waals surface area contributed by atoms with E-state index in [0.29, 0.717) is 19.4 Å². The Morgan fingerprint density at radius 2 is 1.93 bits per heavy atom. The normalized spacial score (nSPS) is 21.7. The number of aromatic nitrogens is 1. The zero-order valence-corrected chi connectivity index (χ0v) is 16.7. The highest BCUT2D eigenvalue weighted by atomic mass is 19.1. The molecule has 4 rings (SSSR count). The van der Waals surface area contributed by atoms with Gasteiger partial charge in [0.05, 0.1) is 10.9 Å². The summed E-state index contributed by atoms with van der Waals surface area (Å²) in [4.78, 5) is 37.2. The molecule has 1 aromatic carbocycles. The molecule has 1 aromatic heterocycles. The molecule has 0 spiro atoms. The van der Waals surface area contributed by atoms with Gasteiger partial charge in [0.2, 0.25) is 11.3 Å². The lowest BCUT2D eigenvalue weighted by Crippen LogP contribution is -2.54. The summed E-state index contributed by atoms with van der Waals surface area (Å²) in [6, 6.07) is 0.204. The summed E-state index contributed by atoms with van der Waals surface area (Å²) in [5.74, 6) is -3.43. The van der Waals surface area contributed by atoms with Crippen LogP contribution in [0.1, 0.15) is 55.9 Å². The molecule has 1 aliphatic heterocycles. The minimum Gasteiger partial charge on any atom is -0.477 e. The van der Waals surface area contributed by atoms with Gasteiger partial charge in [-0.05, 0) is 38.7 Å². The summed E-state index contributed by atoms with van der Waals surface area (Å²) in [7, 11) is 0. The molecular weight excluding hydrogens is 396 g/mol. The Labute approximate surface area is 171 Å². The third kappa shape index (κ3) is 3.32. The molecule has 7 nitrogen and oxygen atoms in total. The smallest absolute Gasteiger partial charge is 0.341 e. The van der Waals surface area contributed by atoms with E-state index in [9.17, 15) is 19.5 Å². The number of piperidine rings is 1. The average molecular weight is 419 g/mol. The standard InChI is InChI=1S/C21H23F2N3O4/c1-10-16(24-11(2)27)4-3-7-25(10)19-15(22)8-13-18(17(19)23)26(12-5-6-12)9-14(20(13)28)21(29)30/h8-10,12,16H,3-7H2,1-2H3,(H,24,27)(H,29,30). The quantitative estimate of drug-likeness (QED) is 0.795. The second-order valence-electron chi connectivity index (χ2n) is 8.12. The third-order valence-electron chi connectivity index (χ3n) is 6.02. The Morgan fingerprint density at radius 1 is 1.23 bits per heavy atom. The first-order valence-electron chi connectivity index (χ1n) is 10.0. The van der Waals surface area contributed by atoms with Crippen molar-refractivity contribution in [2.75, 3.05) is 11.4 Å². The van der Waals surface area contributed by atoms with Crippen LogP contribution in [-0.4, -0.2) is 40.2 Å². The fourth-order valence-electron chi connectivity index (χ4n) is 4.40. The zero-order valence-electron chi connectivity index (χ0n) is 16.7. The maximum Gasteiger partial charge on any atom is 0.341 e. The van der Waals surface area contributed by atoms with E-state index in [0.717, 1.165) is 25.1 Å². The molecule has 0 radical (unpaired) electrons. The van der Waals surface area contributed by atoms with Crippen LogP contribution >= 0.6 is 0 Å². The number of benzene rings is 1. The van der Waals surface area contributed by atoms with Crippen LogP contribution in [0.25, 0.3) is 10.9 Å². The van der Waals surface area contributed by atoms with Crippen molar-refractivity contribution in [3.63, 3.8) is 0 Å². The lowest BCUT2D eigenvalue weighted by atomic mass is 9.96. The molecule has 2 heterocycles. The molecule has 160 valence electrons. The number of hydrogen-bond acceptors (Lipinski definition) is 4. The summed E-state index contributed by atoms with van der Waals surface area (Å²) < 4.78 is 32.3. The van der Waals surface area contributed by atoms with Gasteiger partial charge in [-0.2, -0.15) is 0 Å². The van der Waals surface area contributed by atoms with Crippen LogP contribution in [0.2, 0.25) is 0 Å². The Hall–Kier alpha value is -2.97. The van der Waals surface area contributed by atoms with E-state index < -0.39 is 28.6 Å². The van der Waals surface area contributed by atoms with Gasteiger partial charge in [-0.25, -0.2) is 13.6 Å². The van der Waals surface area contributed by atoms with Crippen LogP contribution in [0.4, 0.5) is 14.5 Å². The first-order chi connectivity index (χ1) is 14.2. The van der Waals surface area contributed by atoms with E-state index in [-0.39, 0.29) is 40.6 Å². The van der Waals surface area contributed by atoms with Crippen LogP contribution in [0.5, 0.6) is 0 Å². The van der Waals surface area contributed by atoms with Crippen LogP contribution in [0.3, 0.4) is 0 Å². The minimum absolute atomic E-state index is 0.0715. The van der Waals surface area contributed by atoms with Gasteiger partial charge >= 0.3 is 5.97 Å². The van der Waals surface area contributed by atoms with Crippen LogP contribution in [0.15, 0.2) is 17.1 Å². The predicted molar refractivity (Wildman–Crippen MR) is 107 cm³/mol. The summed E-state index contributed by atoms with van der Waals surface area (Å²) in [6.45, 7) is 3.60. The summed E-state index contributed by atoms with van der Waals surface area (Å²) >= 11 is 0. The number of hydrogen-bond donors (Lipinski definition) is 2. The molecule has 2 atom stereocenters. The molecule has 2 aromatic rings. The van der Waals surface area contributed by atoms with Crippen LogP contribution < -0.4 is 15.6 Å². The third-order valence-corrected chi connectivity index (χ3v) is 6.02. The Bertz CT molecular complexity index is 1110. The molecular formula is C21H23F2N3O4. The number of carboxylic acids is 1. The number of aromatic carboxylic acids is 1. The number of pyridine rings is 1. The van der Waals surface area contributed by atoms with Crippen molar-refractivity contribution in [2.45, 2.75) is 57.7 Å². The molecule has 2 aliphatic rings. The summed E-state index contributed by atoms with van der Waals surface area (Å²) in [5, 5.41) is 11.9. The second-order valence-corrected chi connectivity index (χ2v) is 8.12. The van der Waals surface area contributed by atoms with Crippen molar-refractivity contribution in [3.05, 3.63) is 39.7 Å². The number of carbonyl (C=O) groups is 2. The Balaban J connectivity index is 1.91. The van der Waals surface area contributed by atoms with Crippen molar-refractivity contribution < 1.29 is 23.5 Å². The number of rotatable bonds is 4. The monoisotopic (exact) mass is 419 g/mol. The Kier molecular flexibility index (Phi) is 4.99. The molecule has 9 heteroatoms. The molecule has 1 saturated heterocycles. The van der Waals surface area contributed by atoms with E-state index in [4.69, 9.17) is 0 Å². The number of nitrogens with zero attached hydrogens (tertiary/aromatic N) is 2. The molecule has 1 amide bonds. The average Bonchev–Trinajstić information content (AvgIpc) is 3.50. The van der Waals surface area contributed by atoms with Gasteiger partial charge in [0, 0.05) is 37.8 Å². The minimum atomic E-state index is -1.43. The lowest BCUT2D eigenvalue weighted by molar-refractivity contribution is -0.119. The maximum absolute atomic E-state index is 15.8. The second kappa shape index (κ2) is 7.37. The Morgan fingerprint density at radius 3 is 2.53 bits per heavy atom. The summed E-state index contributed by atoms with van der Waals surface area (Å²) in [5.41, 5.74) is -1.72. The predicted octanol–water partition coefficient (Wildman–Crippen LogP) is 2.81. The fraction of sp³-hybridized carbons (Fsp3) is 0.476. The van der Waals surface area contributed by atoms with Crippen LogP contribution in [0, 0.1) is 11.6 Å². The lowest BCUT2D eigenvalue weighted by Gasteiger charge is -2.41. The molecule has 0 bridgehead atoms. The highest BCUT2D eigenvalue weighted by Crippen LogP contribution is 2.40. The van der Waals surface area contributed by atoms with E-state index >= 15 is 8.78 Å². The number of halogens is 2. The molecule has 2 unspecified atom stereocenters. The van der Waals surface area contributed by atoms with Crippen molar-refractivity contribution in [3.8, 4) is 0 Å². The van der Waals surface area contributed by atoms with Crippen molar-refractivity contribution >= 4 is 28.5 Å². The first kappa shape index (κ1) is 20.3. The topological polar surface area (TPSA) is 91.6 Å². The van der Waals surface area contributed by atoms with E-state index in [1.807, 2.05) is 0 Å². The van der Waals surface area contributed by atoms with Crippen molar-refractivity contribution in [1.82, 2.24) is 9.88 Å². The number of fused-ring (bicyclic) bond motifs is 1. The molecule has 1 aliphatic carbocycles. The number of carboxylic acid groups (broad SMARTS) is 1.